The molecule has 0 unspecified atom stereocenters. The second kappa shape index (κ2) is 5.14. The van der Waals surface area contributed by atoms with Crippen LogP contribution >= 0.6 is 0 Å². The van der Waals surface area contributed by atoms with E-state index in [1.54, 1.807) is 19.9 Å². The monoisotopic (exact) mass is 220 g/mol. The lowest BCUT2D eigenvalue weighted by Crippen LogP contribution is -2.14. The van der Waals surface area contributed by atoms with Gasteiger partial charge in [-0.1, -0.05) is 31.3 Å². The highest BCUT2D eigenvalue weighted by Crippen LogP contribution is 2.11. The lowest BCUT2D eigenvalue weighted by atomic mass is 10.1. The highest BCUT2D eigenvalue weighted by molar-refractivity contribution is 5.39. The molecule has 0 aromatic heterocycles. The third-order valence-electron chi connectivity index (χ3n) is 2.08. The fourth-order valence-corrected chi connectivity index (χ4v) is 1.32. The molecule has 0 spiro atoms. The van der Waals surface area contributed by atoms with Crippen LogP contribution in [0, 0.1) is 17.7 Å². The summed E-state index contributed by atoms with van der Waals surface area (Å²) >= 11 is 0. The molecule has 16 heavy (non-hydrogen) atoms. The standard InChI is InChI=1S/C14H17FO/c1-4-5-11-6-7-12(13(15)10-11)8-9-14(2,3)16/h6-7,10,16H,4-5H2,1-3H3. The zero-order valence-electron chi connectivity index (χ0n) is 9.97. The van der Waals surface area contributed by atoms with Crippen LogP contribution in [-0.2, 0) is 6.42 Å². The summed E-state index contributed by atoms with van der Waals surface area (Å²) in [5.41, 5.74) is 0.227. The summed E-state index contributed by atoms with van der Waals surface area (Å²) in [6.45, 7) is 5.20. The van der Waals surface area contributed by atoms with Gasteiger partial charge in [0.15, 0.2) is 0 Å². The van der Waals surface area contributed by atoms with Crippen LogP contribution in [0.5, 0.6) is 0 Å². The van der Waals surface area contributed by atoms with E-state index in [1.165, 1.54) is 6.07 Å². The number of hydrogen-bond donors (Lipinski definition) is 1. The number of halogens is 1. The van der Waals surface area contributed by atoms with E-state index >= 15 is 0 Å². The minimum absolute atomic E-state index is 0.317. The van der Waals surface area contributed by atoms with E-state index in [0.29, 0.717) is 5.56 Å². The van der Waals surface area contributed by atoms with Crippen LogP contribution in [0.4, 0.5) is 4.39 Å². The Morgan fingerprint density at radius 3 is 2.56 bits per heavy atom. The SMILES string of the molecule is CCCc1ccc(C#CC(C)(C)O)c(F)c1. The van der Waals surface area contributed by atoms with Crippen LogP contribution in [0.3, 0.4) is 0 Å². The summed E-state index contributed by atoms with van der Waals surface area (Å²) in [5, 5.41) is 9.41. The van der Waals surface area contributed by atoms with E-state index in [1.807, 2.05) is 6.07 Å². The van der Waals surface area contributed by atoms with Gasteiger partial charge in [0.05, 0.1) is 5.56 Å². The maximum Gasteiger partial charge on any atom is 0.139 e. The summed E-state index contributed by atoms with van der Waals surface area (Å²) in [4.78, 5) is 0. The molecule has 1 N–H and O–H groups in total. The molecular formula is C14H17FO. The van der Waals surface area contributed by atoms with Gasteiger partial charge >= 0.3 is 0 Å². The van der Waals surface area contributed by atoms with E-state index in [2.05, 4.69) is 18.8 Å². The van der Waals surface area contributed by atoms with Crippen molar-refractivity contribution in [3.63, 3.8) is 0 Å². The number of hydrogen-bond acceptors (Lipinski definition) is 1. The van der Waals surface area contributed by atoms with E-state index in [9.17, 15) is 9.50 Å². The van der Waals surface area contributed by atoms with Gasteiger partial charge in [-0.05, 0) is 38.0 Å². The van der Waals surface area contributed by atoms with Crippen molar-refractivity contribution < 1.29 is 9.50 Å². The summed E-state index contributed by atoms with van der Waals surface area (Å²) in [7, 11) is 0. The molecule has 86 valence electrons. The van der Waals surface area contributed by atoms with Gasteiger partial charge in [-0.15, -0.1) is 0 Å². The molecule has 1 nitrogen and oxygen atoms in total. The second-order valence-corrected chi connectivity index (χ2v) is 4.37. The van der Waals surface area contributed by atoms with Crippen molar-refractivity contribution in [2.24, 2.45) is 0 Å². The molecule has 1 aromatic carbocycles. The Hall–Kier alpha value is -1.33. The molecule has 0 radical (unpaired) electrons. The van der Waals surface area contributed by atoms with Crippen LogP contribution in [0.2, 0.25) is 0 Å². The van der Waals surface area contributed by atoms with Crippen LogP contribution in [0.15, 0.2) is 18.2 Å². The summed E-state index contributed by atoms with van der Waals surface area (Å²) in [6.07, 6.45) is 1.87. The van der Waals surface area contributed by atoms with Gasteiger partial charge < -0.3 is 5.11 Å². The predicted molar refractivity (Wildman–Crippen MR) is 63.6 cm³/mol. The topological polar surface area (TPSA) is 20.2 Å². The molecule has 0 heterocycles. The van der Waals surface area contributed by atoms with Crippen molar-refractivity contribution in [1.82, 2.24) is 0 Å². The quantitative estimate of drug-likeness (QED) is 0.760. The predicted octanol–water partition coefficient (Wildman–Crippen LogP) is 2.90. The third kappa shape index (κ3) is 4.04. The number of aliphatic hydroxyl groups is 1. The van der Waals surface area contributed by atoms with Crippen molar-refractivity contribution in [2.75, 3.05) is 0 Å². The molecule has 0 atom stereocenters. The van der Waals surface area contributed by atoms with E-state index in [-0.39, 0.29) is 5.82 Å². The number of rotatable bonds is 2. The fraction of sp³-hybridized carbons (Fsp3) is 0.429. The molecular weight excluding hydrogens is 203 g/mol. The van der Waals surface area contributed by atoms with Crippen molar-refractivity contribution >= 4 is 0 Å². The van der Waals surface area contributed by atoms with Gasteiger partial charge in [0.2, 0.25) is 0 Å². The van der Waals surface area contributed by atoms with Gasteiger partial charge in [0, 0.05) is 0 Å². The van der Waals surface area contributed by atoms with Gasteiger partial charge in [0.25, 0.3) is 0 Å². The molecule has 0 fully saturated rings. The zero-order valence-corrected chi connectivity index (χ0v) is 9.97. The zero-order chi connectivity index (χ0) is 12.2. The summed E-state index contributed by atoms with van der Waals surface area (Å²) in [5.74, 6) is 4.93. The highest BCUT2D eigenvalue weighted by Gasteiger charge is 2.07. The summed E-state index contributed by atoms with van der Waals surface area (Å²) in [6, 6.07) is 5.05. The molecule has 0 saturated heterocycles. The number of aryl methyl sites for hydroxylation is 1. The minimum atomic E-state index is -1.09. The molecule has 0 aliphatic carbocycles. The Morgan fingerprint density at radius 1 is 1.38 bits per heavy atom. The molecule has 0 aliphatic heterocycles. The first-order valence-corrected chi connectivity index (χ1v) is 5.46. The smallest absolute Gasteiger partial charge is 0.139 e. The van der Waals surface area contributed by atoms with E-state index in [0.717, 1.165) is 18.4 Å². The Kier molecular flexibility index (Phi) is 4.09. The van der Waals surface area contributed by atoms with Crippen LogP contribution in [0.25, 0.3) is 0 Å². The lowest BCUT2D eigenvalue weighted by molar-refractivity contribution is 0.143. The average Bonchev–Trinajstić information content (AvgIpc) is 2.15. The second-order valence-electron chi connectivity index (χ2n) is 4.37. The number of benzene rings is 1. The first kappa shape index (κ1) is 12.7. The normalized spacial score (nSPS) is 10.8. The van der Waals surface area contributed by atoms with Crippen molar-refractivity contribution in [3.8, 4) is 11.8 Å². The Labute approximate surface area is 96.3 Å². The van der Waals surface area contributed by atoms with Crippen molar-refractivity contribution in [2.45, 2.75) is 39.2 Å². The molecule has 1 aromatic rings. The molecule has 0 bridgehead atoms. The molecule has 0 saturated carbocycles. The average molecular weight is 220 g/mol. The maximum absolute atomic E-state index is 13.6. The van der Waals surface area contributed by atoms with Gasteiger partial charge in [-0.25, -0.2) is 4.39 Å². The van der Waals surface area contributed by atoms with Crippen molar-refractivity contribution in [3.05, 3.63) is 35.1 Å². The van der Waals surface area contributed by atoms with E-state index < -0.39 is 5.60 Å². The van der Waals surface area contributed by atoms with Crippen LogP contribution in [0.1, 0.15) is 38.3 Å². The van der Waals surface area contributed by atoms with Gasteiger partial charge in [-0.2, -0.15) is 0 Å². The van der Waals surface area contributed by atoms with Crippen LogP contribution < -0.4 is 0 Å². The van der Waals surface area contributed by atoms with Crippen LogP contribution in [-0.4, -0.2) is 10.7 Å². The molecule has 0 amide bonds. The first-order chi connectivity index (χ1) is 7.42. The largest absolute Gasteiger partial charge is 0.378 e. The van der Waals surface area contributed by atoms with Gasteiger partial charge in [0.1, 0.15) is 11.4 Å². The fourth-order valence-electron chi connectivity index (χ4n) is 1.32. The highest BCUT2D eigenvalue weighted by atomic mass is 19.1. The first-order valence-electron chi connectivity index (χ1n) is 5.46. The Balaban J connectivity index is 2.94. The van der Waals surface area contributed by atoms with Gasteiger partial charge in [-0.3, -0.25) is 0 Å². The van der Waals surface area contributed by atoms with E-state index in [4.69, 9.17) is 0 Å². The molecule has 2 heteroatoms. The molecule has 1 rings (SSSR count). The minimum Gasteiger partial charge on any atom is -0.378 e. The Bertz CT molecular complexity index is 419. The van der Waals surface area contributed by atoms with Crippen molar-refractivity contribution in [1.29, 1.82) is 0 Å². The maximum atomic E-state index is 13.6. The third-order valence-corrected chi connectivity index (χ3v) is 2.08. The molecule has 0 aliphatic rings. The lowest BCUT2D eigenvalue weighted by Gasteiger charge is -2.06. The Morgan fingerprint density at radius 2 is 2.06 bits per heavy atom. The summed E-state index contributed by atoms with van der Waals surface area (Å²) < 4.78 is 13.6.